The summed E-state index contributed by atoms with van der Waals surface area (Å²) in [4.78, 5) is 31.7. The number of carbonyl (C=O) groups is 1. The highest BCUT2D eigenvalue weighted by atomic mass is 16.7. The maximum Gasteiger partial charge on any atom is 0.247 e. The normalized spacial score (nSPS) is 17.4. The van der Waals surface area contributed by atoms with Gasteiger partial charge in [0.25, 0.3) is 0 Å². The summed E-state index contributed by atoms with van der Waals surface area (Å²) in [5.74, 6) is 2.30. The van der Waals surface area contributed by atoms with Crippen LogP contribution in [-0.4, -0.2) is 74.8 Å². The maximum atomic E-state index is 12.3. The van der Waals surface area contributed by atoms with Crippen molar-refractivity contribution in [2.24, 2.45) is 0 Å². The Hall–Kier alpha value is -4.35. The van der Waals surface area contributed by atoms with E-state index in [1.807, 2.05) is 41.5 Å². The summed E-state index contributed by atoms with van der Waals surface area (Å²) < 4.78 is 11.2. The summed E-state index contributed by atoms with van der Waals surface area (Å²) in [6.45, 7) is 7.70. The molecule has 40 heavy (non-hydrogen) atoms. The van der Waals surface area contributed by atoms with Crippen LogP contribution in [-0.2, 0) is 9.63 Å². The molecule has 2 saturated heterocycles. The first-order valence-electron chi connectivity index (χ1n) is 13.2. The predicted octanol–water partition coefficient (Wildman–Crippen LogP) is 4.00. The average Bonchev–Trinajstić information content (AvgIpc) is 3.48. The highest BCUT2D eigenvalue weighted by Crippen LogP contribution is 2.40. The monoisotopic (exact) mass is 545 g/mol. The molecule has 2 aliphatic heterocycles. The molecule has 5 rings (SSSR count). The van der Waals surface area contributed by atoms with Gasteiger partial charge in [-0.15, -0.1) is 0 Å². The number of nitrogens with one attached hydrogen (secondary N) is 2. The smallest absolute Gasteiger partial charge is 0.247 e. The van der Waals surface area contributed by atoms with Crippen molar-refractivity contribution in [2.75, 3.05) is 74.6 Å². The molecule has 2 aromatic carbocycles. The topological polar surface area (TPSA) is 104 Å². The van der Waals surface area contributed by atoms with Gasteiger partial charge < -0.3 is 29.9 Å². The van der Waals surface area contributed by atoms with Gasteiger partial charge in [0.1, 0.15) is 23.6 Å². The number of likely N-dealkylation sites (N-methyl/N-ethyl adjacent to an activating group) is 1. The first-order valence-corrected chi connectivity index (χ1v) is 13.2. The highest BCUT2D eigenvalue weighted by Gasteiger charge is 2.29. The molecule has 2 N–H and O–H groups in total. The fourth-order valence-corrected chi connectivity index (χ4v) is 4.95. The van der Waals surface area contributed by atoms with Gasteiger partial charge in [0.05, 0.1) is 43.9 Å². The Bertz CT molecular complexity index is 1360. The van der Waals surface area contributed by atoms with Gasteiger partial charge in [-0.3, -0.25) is 9.63 Å². The van der Waals surface area contributed by atoms with Crippen molar-refractivity contribution < 1.29 is 19.1 Å². The van der Waals surface area contributed by atoms with E-state index in [-0.39, 0.29) is 11.9 Å². The second-order valence-electron chi connectivity index (χ2n) is 9.68. The van der Waals surface area contributed by atoms with Crippen LogP contribution in [0.1, 0.15) is 18.0 Å². The van der Waals surface area contributed by atoms with Gasteiger partial charge >= 0.3 is 0 Å². The summed E-state index contributed by atoms with van der Waals surface area (Å²) in [5, 5.41) is 8.11. The summed E-state index contributed by atoms with van der Waals surface area (Å²) in [6.07, 6.45) is 3.57. The number of anilines is 5. The van der Waals surface area contributed by atoms with Crippen LogP contribution >= 0.6 is 0 Å². The fourth-order valence-electron chi connectivity index (χ4n) is 4.95. The first-order chi connectivity index (χ1) is 19.5. The van der Waals surface area contributed by atoms with Crippen LogP contribution in [0.5, 0.6) is 11.5 Å². The molecule has 11 heteroatoms. The first kappa shape index (κ1) is 27.2. The Morgan fingerprint density at radius 2 is 1.90 bits per heavy atom. The number of ether oxygens (including phenoxy) is 2. The molecule has 2 aliphatic rings. The summed E-state index contributed by atoms with van der Waals surface area (Å²) >= 11 is 0. The number of amides is 1. The Balaban J connectivity index is 1.43. The van der Waals surface area contributed by atoms with Crippen LogP contribution in [0, 0.1) is 0 Å². The van der Waals surface area contributed by atoms with Crippen molar-refractivity contribution in [3.8, 4) is 11.5 Å². The van der Waals surface area contributed by atoms with E-state index in [2.05, 4.69) is 50.1 Å². The molecule has 0 aliphatic carbocycles. The minimum atomic E-state index is -0.286. The Morgan fingerprint density at radius 3 is 2.65 bits per heavy atom. The second kappa shape index (κ2) is 12.2. The Labute approximate surface area is 234 Å². The molecule has 0 radical (unpaired) electrons. The Kier molecular flexibility index (Phi) is 8.32. The maximum absolute atomic E-state index is 12.3. The van der Waals surface area contributed by atoms with E-state index in [1.165, 1.54) is 12.4 Å². The molecule has 3 heterocycles. The SMILES string of the molecule is C=CC(=O)Nc1cc(Nc2cc(N3OCC[C@@H]3c3cccc(OC)c3)ncn2)c(OC)cc1N1CCN(C)CC1. The number of carbonyl (C=O) groups excluding carboxylic acids is 1. The molecule has 0 bridgehead atoms. The number of rotatable bonds is 9. The minimum Gasteiger partial charge on any atom is -0.497 e. The summed E-state index contributed by atoms with van der Waals surface area (Å²) in [6, 6.07) is 13.6. The van der Waals surface area contributed by atoms with E-state index < -0.39 is 0 Å². The van der Waals surface area contributed by atoms with E-state index in [0.29, 0.717) is 35.4 Å². The fraction of sp³-hybridized carbons (Fsp3) is 0.345. The molecule has 3 aromatic rings. The van der Waals surface area contributed by atoms with Crippen molar-refractivity contribution >= 4 is 34.6 Å². The van der Waals surface area contributed by atoms with Crippen LogP contribution in [0.4, 0.5) is 28.7 Å². The minimum absolute atomic E-state index is 0.0176. The van der Waals surface area contributed by atoms with E-state index >= 15 is 0 Å². The van der Waals surface area contributed by atoms with Crippen molar-refractivity contribution in [3.63, 3.8) is 0 Å². The third-order valence-electron chi connectivity index (χ3n) is 7.13. The van der Waals surface area contributed by atoms with Crippen LogP contribution in [0.25, 0.3) is 0 Å². The number of nitrogens with zero attached hydrogens (tertiary/aromatic N) is 5. The van der Waals surface area contributed by atoms with Crippen LogP contribution in [0.2, 0.25) is 0 Å². The van der Waals surface area contributed by atoms with E-state index in [0.717, 1.165) is 49.6 Å². The second-order valence-corrected chi connectivity index (χ2v) is 9.68. The van der Waals surface area contributed by atoms with Crippen molar-refractivity contribution in [2.45, 2.75) is 12.5 Å². The number of aromatic nitrogens is 2. The van der Waals surface area contributed by atoms with Gasteiger partial charge in [0.2, 0.25) is 5.91 Å². The Morgan fingerprint density at radius 1 is 1.07 bits per heavy atom. The molecule has 210 valence electrons. The molecular formula is C29H35N7O4. The van der Waals surface area contributed by atoms with Gasteiger partial charge in [0, 0.05) is 44.7 Å². The van der Waals surface area contributed by atoms with Crippen LogP contribution < -0.4 is 30.1 Å². The molecule has 1 amide bonds. The number of hydroxylamine groups is 1. The highest BCUT2D eigenvalue weighted by molar-refractivity contribution is 6.02. The summed E-state index contributed by atoms with van der Waals surface area (Å²) in [7, 11) is 5.39. The third-order valence-corrected chi connectivity index (χ3v) is 7.13. The number of hydrogen-bond donors (Lipinski definition) is 2. The molecule has 11 nitrogen and oxygen atoms in total. The zero-order valence-electron chi connectivity index (χ0n) is 23.1. The van der Waals surface area contributed by atoms with Crippen LogP contribution in [0.3, 0.4) is 0 Å². The van der Waals surface area contributed by atoms with E-state index in [9.17, 15) is 4.79 Å². The molecule has 0 spiro atoms. The zero-order chi connectivity index (χ0) is 28.1. The average molecular weight is 546 g/mol. The molecule has 0 unspecified atom stereocenters. The molecule has 1 atom stereocenters. The molecule has 2 fully saturated rings. The lowest BCUT2D eigenvalue weighted by Gasteiger charge is -2.35. The van der Waals surface area contributed by atoms with E-state index in [1.54, 1.807) is 14.2 Å². The predicted molar refractivity (Wildman–Crippen MR) is 156 cm³/mol. The lowest BCUT2D eigenvalue weighted by molar-refractivity contribution is -0.111. The van der Waals surface area contributed by atoms with Crippen molar-refractivity contribution in [1.29, 1.82) is 0 Å². The van der Waals surface area contributed by atoms with E-state index in [4.69, 9.17) is 14.3 Å². The van der Waals surface area contributed by atoms with Crippen molar-refractivity contribution in [1.82, 2.24) is 14.9 Å². The number of benzene rings is 2. The lowest BCUT2D eigenvalue weighted by atomic mass is 10.0. The van der Waals surface area contributed by atoms with Crippen molar-refractivity contribution in [3.05, 3.63) is 67.0 Å². The lowest BCUT2D eigenvalue weighted by Crippen LogP contribution is -2.44. The van der Waals surface area contributed by atoms with Gasteiger partial charge in [0.15, 0.2) is 5.82 Å². The standard InChI is InChI=1S/C29H35N7O4/c1-5-29(37)33-22-16-23(26(39-4)17-25(22)35-12-10-34(2)11-13-35)32-27-18-28(31-19-30-27)36-24(9-14-40-36)20-7-6-8-21(15-20)38-3/h5-8,15-19,24H,1,9-14H2,2-4H3,(H,33,37)(H,30,31,32)/t24-/m1/s1. The van der Waals surface area contributed by atoms with Crippen LogP contribution in [0.15, 0.2) is 61.4 Å². The third kappa shape index (κ3) is 5.95. The quantitative estimate of drug-likeness (QED) is 0.384. The largest absolute Gasteiger partial charge is 0.497 e. The molecule has 1 aromatic heterocycles. The van der Waals surface area contributed by atoms with Gasteiger partial charge in [-0.05, 0) is 36.9 Å². The van der Waals surface area contributed by atoms with Gasteiger partial charge in [-0.1, -0.05) is 18.7 Å². The molecule has 0 saturated carbocycles. The van der Waals surface area contributed by atoms with Gasteiger partial charge in [-0.25, -0.2) is 15.0 Å². The summed E-state index contributed by atoms with van der Waals surface area (Å²) in [5.41, 5.74) is 3.28. The number of piperazine rings is 1. The number of methoxy groups -OCH3 is 2. The molecular weight excluding hydrogens is 510 g/mol. The van der Waals surface area contributed by atoms with Gasteiger partial charge in [-0.2, -0.15) is 0 Å². The number of hydrogen-bond acceptors (Lipinski definition) is 10. The zero-order valence-corrected chi connectivity index (χ0v) is 23.1.